The van der Waals surface area contributed by atoms with Gasteiger partial charge < -0.3 is 16.0 Å². The van der Waals surface area contributed by atoms with E-state index in [0.29, 0.717) is 19.5 Å². The maximum atomic E-state index is 11.6. The second-order valence-corrected chi connectivity index (χ2v) is 6.48. The summed E-state index contributed by atoms with van der Waals surface area (Å²) in [4.78, 5) is 18.6. The van der Waals surface area contributed by atoms with Gasteiger partial charge in [0.1, 0.15) is 0 Å². The molecule has 5 nitrogen and oxygen atoms in total. The first-order chi connectivity index (χ1) is 10.0. The summed E-state index contributed by atoms with van der Waals surface area (Å²) in [7, 11) is 0. The van der Waals surface area contributed by atoms with E-state index in [4.69, 9.17) is 0 Å². The minimum Gasteiger partial charge on any atom is -0.357 e. The van der Waals surface area contributed by atoms with Crippen LogP contribution in [0, 0.1) is 6.92 Å². The lowest BCUT2D eigenvalue weighted by Gasteiger charge is -2.12. The average Bonchev–Trinajstić information content (AvgIpc) is 2.81. The van der Waals surface area contributed by atoms with Crippen molar-refractivity contribution in [2.24, 2.45) is 4.99 Å². The zero-order valence-corrected chi connectivity index (χ0v) is 16.9. The molecule has 0 aromatic carbocycles. The molecule has 0 spiro atoms. The van der Waals surface area contributed by atoms with Gasteiger partial charge in [-0.15, -0.1) is 35.3 Å². The standard InChI is InChI=1S/C15H26N4OS.HI/c1-5-16-15(17-9-8-14(20)19-11(2)3)18-10-13-7-6-12(4)21-13;/h6-7,11H,5,8-10H2,1-4H3,(H,19,20)(H2,16,17,18);1H. The van der Waals surface area contributed by atoms with Gasteiger partial charge in [0, 0.05) is 35.3 Å². The van der Waals surface area contributed by atoms with Crippen molar-refractivity contribution in [1.29, 1.82) is 0 Å². The number of guanidine groups is 1. The Morgan fingerprint density at radius 3 is 2.59 bits per heavy atom. The Balaban J connectivity index is 0.00000441. The van der Waals surface area contributed by atoms with E-state index in [9.17, 15) is 4.79 Å². The fourth-order valence-corrected chi connectivity index (χ4v) is 2.57. The van der Waals surface area contributed by atoms with Gasteiger partial charge in [-0.3, -0.25) is 4.79 Å². The molecule has 0 aliphatic carbocycles. The molecule has 0 saturated heterocycles. The first-order valence-electron chi connectivity index (χ1n) is 7.38. The summed E-state index contributed by atoms with van der Waals surface area (Å²) in [5.74, 6) is 0.808. The van der Waals surface area contributed by atoms with Crippen LogP contribution in [0.5, 0.6) is 0 Å². The van der Waals surface area contributed by atoms with Crippen LogP contribution in [0.3, 0.4) is 0 Å². The zero-order valence-electron chi connectivity index (χ0n) is 13.7. The highest BCUT2D eigenvalue weighted by Crippen LogP contribution is 2.15. The Kier molecular flexibility index (Phi) is 11.3. The van der Waals surface area contributed by atoms with Crippen molar-refractivity contribution in [3.8, 4) is 0 Å². The smallest absolute Gasteiger partial charge is 0.221 e. The molecule has 1 amide bonds. The van der Waals surface area contributed by atoms with Crippen molar-refractivity contribution in [1.82, 2.24) is 16.0 Å². The summed E-state index contributed by atoms with van der Waals surface area (Å²) in [6.07, 6.45) is 0.445. The predicted octanol–water partition coefficient (Wildman–Crippen LogP) is 2.64. The largest absolute Gasteiger partial charge is 0.357 e. The number of halogens is 1. The SMILES string of the molecule is CCNC(=NCc1ccc(C)s1)NCCC(=O)NC(C)C.I. The molecule has 1 heterocycles. The van der Waals surface area contributed by atoms with Crippen LogP contribution in [0.2, 0.25) is 0 Å². The summed E-state index contributed by atoms with van der Waals surface area (Å²) < 4.78 is 0. The van der Waals surface area contributed by atoms with E-state index in [1.165, 1.54) is 9.75 Å². The highest BCUT2D eigenvalue weighted by atomic mass is 127. The molecule has 0 fully saturated rings. The number of nitrogens with one attached hydrogen (secondary N) is 3. The van der Waals surface area contributed by atoms with Crippen LogP contribution in [0.15, 0.2) is 17.1 Å². The van der Waals surface area contributed by atoms with Gasteiger partial charge in [0.05, 0.1) is 6.54 Å². The normalized spacial score (nSPS) is 11.0. The lowest BCUT2D eigenvalue weighted by Crippen LogP contribution is -2.40. The lowest BCUT2D eigenvalue weighted by molar-refractivity contribution is -0.121. The molecular formula is C15H27IN4OS. The predicted molar refractivity (Wildman–Crippen MR) is 105 cm³/mol. The number of rotatable bonds is 7. The fourth-order valence-electron chi connectivity index (χ4n) is 1.76. The number of amides is 1. The van der Waals surface area contributed by atoms with Crippen molar-refractivity contribution in [2.75, 3.05) is 13.1 Å². The molecule has 0 aliphatic heterocycles. The van der Waals surface area contributed by atoms with Gasteiger partial charge in [-0.05, 0) is 39.8 Å². The molecule has 0 bridgehead atoms. The number of nitrogens with zero attached hydrogens (tertiary/aromatic N) is 1. The molecule has 1 aromatic heterocycles. The third-order valence-electron chi connectivity index (χ3n) is 2.63. The van der Waals surface area contributed by atoms with Gasteiger partial charge in [0.25, 0.3) is 0 Å². The molecule has 126 valence electrons. The van der Waals surface area contributed by atoms with Crippen LogP contribution < -0.4 is 16.0 Å². The summed E-state index contributed by atoms with van der Waals surface area (Å²) in [5, 5.41) is 9.24. The van der Waals surface area contributed by atoms with Gasteiger partial charge in [0.15, 0.2) is 5.96 Å². The van der Waals surface area contributed by atoms with Gasteiger partial charge in [-0.25, -0.2) is 4.99 Å². The zero-order chi connectivity index (χ0) is 15.7. The highest BCUT2D eigenvalue weighted by Gasteiger charge is 2.04. The van der Waals surface area contributed by atoms with Gasteiger partial charge in [-0.2, -0.15) is 0 Å². The van der Waals surface area contributed by atoms with Gasteiger partial charge in [-0.1, -0.05) is 0 Å². The highest BCUT2D eigenvalue weighted by molar-refractivity contribution is 14.0. The number of aliphatic imine (C=N–C) groups is 1. The van der Waals surface area contributed by atoms with Crippen molar-refractivity contribution < 1.29 is 4.79 Å². The second kappa shape index (κ2) is 11.7. The Labute approximate surface area is 154 Å². The first-order valence-corrected chi connectivity index (χ1v) is 8.19. The van der Waals surface area contributed by atoms with E-state index in [1.807, 2.05) is 20.8 Å². The minimum absolute atomic E-state index is 0. The molecule has 3 N–H and O–H groups in total. The molecule has 1 aromatic rings. The van der Waals surface area contributed by atoms with Crippen LogP contribution in [0.4, 0.5) is 0 Å². The summed E-state index contributed by atoms with van der Waals surface area (Å²) in [6, 6.07) is 4.39. The van der Waals surface area contributed by atoms with Gasteiger partial charge >= 0.3 is 0 Å². The van der Waals surface area contributed by atoms with E-state index >= 15 is 0 Å². The van der Waals surface area contributed by atoms with E-state index in [2.05, 4.69) is 40.0 Å². The van der Waals surface area contributed by atoms with Gasteiger partial charge in [0.2, 0.25) is 5.91 Å². The maximum absolute atomic E-state index is 11.6. The minimum atomic E-state index is 0. The van der Waals surface area contributed by atoms with Crippen molar-refractivity contribution >= 4 is 47.2 Å². The quantitative estimate of drug-likeness (QED) is 0.349. The third-order valence-corrected chi connectivity index (χ3v) is 3.61. The Bertz CT molecular complexity index is 474. The van der Waals surface area contributed by atoms with E-state index in [0.717, 1.165) is 12.5 Å². The fraction of sp³-hybridized carbons (Fsp3) is 0.600. The van der Waals surface area contributed by atoms with E-state index < -0.39 is 0 Å². The van der Waals surface area contributed by atoms with Crippen LogP contribution in [-0.2, 0) is 11.3 Å². The summed E-state index contributed by atoms with van der Waals surface area (Å²) in [6.45, 7) is 10.1. The Morgan fingerprint density at radius 1 is 1.32 bits per heavy atom. The Hall–Kier alpha value is -0.830. The van der Waals surface area contributed by atoms with Crippen LogP contribution in [0.25, 0.3) is 0 Å². The number of thiophene rings is 1. The topological polar surface area (TPSA) is 65.5 Å². The third kappa shape index (κ3) is 9.24. The number of carbonyl (C=O) groups excluding carboxylic acids is 1. The van der Waals surface area contributed by atoms with Crippen LogP contribution in [0.1, 0.15) is 36.9 Å². The van der Waals surface area contributed by atoms with Crippen LogP contribution in [-0.4, -0.2) is 31.0 Å². The Morgan fingerprint density at radius 2 is 2.05 bits per heavy atom. The lowest BCUT2D eigenvalue weighted by atomic mass is 10.3. The van der Waals surface area contributed by atoms with Crippen molar-refractivity contribution in [3.63, 3.8) is 0 Å². The number of aryl methyl sites for hydroxylation is 1. The number of hydrogen-bond acceptors (Lipinski definition) is 3. The molecule has 7 heteroatoms. The van der Waals surface area contributed by atoms with Crippen molar-refractivity contribution in [3.05, 3.63) is 21.9 Å². The van der Waals surface area contributed by atoms with E-state index in [1.54, 1.807) is 11.3 Å². The molecular weight excluding hydrogens is 411 g/mol. The average molecular weight is 438 g/mol. The maximum Gasteiger partial charge on any atom is 0.221 e. The molecule has 0 radical (unpaired) electrons. The summed E-state index contributed by atoms with van der Waals surface area (Å²) >= 11 is 1.76. The molecule has 22 heavy (non-hydrogen) atoms. The van der Waals surface area contributed by atoms with E-state index in [-0.39, 0.29) is 35.9 Å². The number of carbonyl (C=O) groups is 1. The van der Waals surface area contributed by atoms with Crippen LogP contribution >= 0.6 is 35.3 Å². The second-order valence-electron chi connectivity index (χ2n) is 5.11. The molecule has 0 atom stereocenters. The molecule has 0 saturated carbocycles. The summed E-state index contributed by atoms with van der Waals surface area (Å²) in [5.41, 5.74) is 0. The molecule has 0 unspecified atom stereocenters. The first kappa shape index (κ1) is 21.2. The monoisotopic (exact) mass is 438 g/mol. The molecule has 0 aliphatic rings. The van der Waals surface area contributed by atoms with Crippen molar-refractivity contribution in [2.45, 2.75) is 46.7 Å². The molecule has 1 rings (SSSR count). The number of hydrogen-bond donors (Lipinski definition) is 3.